The lowest BCUT2D eigenvalue weighted by Gasteiger charge is -2.17. The van der Waals surface area contributed by atoms with Gasteiger partial charge in [0.05, 0.1) is 11.5 Å². The molecule has 7 heteroatoms. The molecule has 0 heterocycles. The van der Waals surface area contributed by atoms with Gasteiger partial charge in [0, 0.05) is 24.7 Å². The van der Waals surface area contributed by atoms with Gasteiger partial charge in [-0.05, 0) is 24.8 Å². The fourth-order valence-corrected chi connectivity index (χ4v) is 2.55. The predicted molar refractivity (Wildman–Crippen MR) is 103 cm³/mol. The molecule has 0 amide bonds. The maximum absolute atomic E-state index is 10.6. The van der Waals surface area contributed by atoms with Crippen LogP contribution in [-0.4, -0.2) is 23.5 Å². The van der Waals surface area contributed by atoms with Crippen molar-refractivity contribution in [2.45, 2.75) is 51.6 Å². The number of hydrogen-bond donors (Lipinski definition) is 2. The summed E-state index contributed by atoms with van der Waals surface area (Å²) in [6, 6.07) is 7.08. The van der Waals surface area contributed by atoms with E-state index in [1.165, 1.54) is 37.8 Å². The highest BCUT2D eigenvalue weighted by molar-refractivity contribution is 14.0. The molecule has 23 heavy (non-hydrogen) atoms. The van der Waals surface area contributed by atoms with Gasteiger partial charge in [-0.1, -0.05) is 31.9 Å². The van der Waals surface area contributed by atoms with E-state index in [-0.39, 0.29) is 34.6 Å². The third kappa shape index (κ3) is 6.72. The van der Waals surface area contributed by atoms with Gasteiger partial charge in [0.2, 0.25) is 0 Å². The van der Waals surface area contributed by atoms with Crippen LogP contribution in [0.25, 0.3) is 0 Å². The van der Waals surface area contributed by atoms with Gasteiger partial charge < -0.3 is 10.6 Å². The zero-order valence-electron chi connectivity index (χ0n) is 13.5. The van der Waals surface area contributed by atoms with Crippen molar-refractivity contribution in [3.8, 4) is 0 Å². The molecule has 0 aromatic heterocycles. The Bertz CT molecular complexity index is 513. The normalized spacial score (nSPS) is 15.1. The number of nitrogens with one attached hydrogen (secondary N) is 2. The molecule has 128 valence electrons. The fourth-order valence-electron chi connectivity index (χ4n) is 2.55. The molecule has 0 bridgehead atoms. The summed E-state index contributed by atoms with van der Waals surface area (Å²) in [5.74, 6) is 0.840. The van der Waals surface area contributed by atoms with Gasteiger partial charge in [-0.25, -0.2) is 4.99 Å². The molecule has 0 atom stereocenters. The van der Waals surface area contributed by atoms with Crippen LogP contribution < -0.4 is 10.6 Å². The van der Waals surface area contributed by atoms with Crippen LogP contribution in [0.1, 0.15) is 44.6 Å². The molecule has 1 aromatic rings. The Morgan fingerprint density at radius 2 is 1.96 bits per heavy atom. The van der Waals surface area contributed by atoms with Gasteiger partial charge in [0.1, 0.15) is 0 Å². The molecule has 1 aliphatic rings. The fraction of sp³-hybridized carbons (Fsp3) is 0.562. The number of benzene rings is 1. The van der Waals surface area contributed by atoms with Crippen LogP contribution in [0, 0.1) is 10.1 Å². The topological polar surface area (TPSA) is 79.6 Å². The first-order valence-corrected chi connectivity index (χ1v) is 7.97. The van der Waals surface area contributed by atoms with Gasteiger partial charge >= 0.3 is 0 Å². The van der Waals surface area contributed by atoms with Crippen molar-refractivity contribution in [2.75, 3.05) is 6.54 Å². The lowest BCUT2D eigenvalue weighted by molar-refractivity contribution is -0.384. The molecule has 0 unspecified atom stereocenters. The van der Waals surface area contributed by atoms with Crippen LogP contribution in [0.15, 0.2) is 29.3 Å². The zero-order chi connectivity index (χ0) is 15.8. The Hall–Kier alpha value is -1.38. The quantitative estimate of drug-likeness (QED) is 0.237. The third-order valence-electron chi connectivity index (χ3n) is 3.81. The zero-order valence-corrected chi connectivity index (χ0v) is 15.8. The number of nitro benzene ring substituents is 1. The van der Waals surface area contributed by atoms with Crippen molar-refractivity contribution in [1.29, 1.82) is 0 Å². The minimum atomic E-state index is -0.386. The first-order chi connectivity index (χ1) is 10.7. The number of halogens is 1. The van der Waals surface area contributed by atoms with E-state index < -0.39 is 0 Å². The average Bonchev–Trinajstić information content (AvgIpc) is 3.03. The van der Waals surface area contributed by atoms with Crippen LogP contribution in [0.4, 0.5) is 5.69 Å². The third-order valence-corrected chi connectivity index (χ3v) is 3.81. The van der Waals surface area contributed by atoms with E-state index in [0.717, 1.165) is 24.5 Å². The summed E-state index contributed by atoms with van der Waals surface area (Å²) < 4.78 is 0. The van der Waals surface area contributed by atoms with Crippen LogP contribution in [0.3, 0.4) is 0 Å². The largest absolute Gasteiger partial charge is 0.356 e. The molecule has 1 saturated carbocycles. The summed E-state index contributed by atoms with van der Waals surface area (Å²) in [5, 5.41) is 17.5. The SMILES string of the molecule is CCCNC(=NCc1ccc([N+](=O)[O-])cc1)NC1CCCC1.I. The number of rotatable bonds is 6. The highest BCUT2D eigenvalue weighted by Crippen LogP contribution is 2.17. The minimum absolute atomic E-state index is 0. The van der Waals surface area contributed by atoms with E-state index in [1.54, 1.807) is 12.1 Å². The molecule has 0 aliphatic heterocycles. The van der Waals surface area contributed by atoms with Gasteiger partial charge in [0.15, 0.2) is 5.96 Å². The second-order valence-corrected chi connectivity index (χ2v) is 5.64. The van der Waals surface area contributed by atoms with Crippen molar-refractivity contribution in [3.63, 3.8) is 0 Å². The highest BCUT2D eigenvalue weighted by atomic mass is 127. The first-order valence-electron chi connectivity index (χ1n) is 7.97. The maximum Gasteiger partial charge on any atom is 0.269 e. The summed E-state index contributed by atoms with van der Waals surface area (Å²) in [5.41, 5.74) is 1.08. The molecular formula is C16H25IN4O2. The molecular weight excluding hydrogens is 407 g/mol. The van der Waals surface area contributed by atoms with Crippen LogP contribution in [-0.2, 0) is 6.54 Å². The van der Waals surface area contributed by atoms with Gasteiger partial charge in [-0.3, -0.25) is 10.1 Å². The number of aliphatic imine (C=N–C) groups is 1. The summed E-state index contributed by atoms with van der Waals surface area (Å²) in [6.45, 7) is 3.53. The average molecular weight is 432 g/mol. The lowest BCUT2D eigenvalue weighted by Crippen LogP contribution is -2.42. The molecule has 0 radical (unpaired) electrons. The van der Waals surface area contributed by atoms with E-state index >= 15 is 0 Å². The van der Waals surface area contributed by atoms with E-state index in [4.69, 9.17) is 0 Å². The number of guanidine groups is 1. The van der Waals surface area contributed by atoms with E-state index in [2.05, 4.69) is 22.5 Å². The van der Waals surface area contributed by atoms with Gasteiger partial charge in [-0.2, -0.15) is 0 Å². The molecule has 2 N–H and O–H groups in total. The standard InChI is InChI=1S/C16H24N4O2.HI/c1-2-11-17-16(19-14-5-3-4-6-14)18-12-13-7-9-15(10-8-13)20(21)22;/h7-10,14H,2-6,11-12H2,1H3,(H2,17,18,19);1H. The first kappa shape index (κ1) is 19.7. The second kappa shape index (κ2) is 10.4. The smallest absolute Gasteiger partial charge is 0.269 e. The maximum atomic E-state index is 10.6. The molecule has 1 aromatic carbocycles. The number of nitro groups is 1. The highest BCUT2D eigenvalue weighted by Gasteiger charge is 2.15. The number of nitrogens with zero attached hydrogens (tertiary/aromatic N) is 2. The minimum Gasteiger partial charge on any atom is -0.356 e. The number of hydrogen-bond acceptors (Lipinski definition) is 3. The van der Waals surface area contributed by atoms with Crippen molar-refractivity contribution in [2.24, 2.45) is 4.99 Å². The lowest BCUT2D eigenvalue weighted by atomic mass is 10.2. The molecule has 2 rings (SSSR count). The summed E-state index contributed by atoms with van der Waals surface area (Å²) in [7, 11) is 0. The molecule has 1 aliphatic carbocycles. The summed E-state index contributed by atoms with van der Waals surface area (Å²) in [4.78, 5) is 14.9. The predicted octanol–water partition coefficient (Wildman–Crippen LogP) is 3.60. The van der Waals surface area contributed by atoms with E-state index in [0.29, 0.717) is 12.6 Å². The van der Waals surface area contributed by atoms with Crippen LogP contribution >= 0.6 is 24.0 Å². The molecule has 6 nitrogen and oxygen atoms in total. The van der Waals surface area contributed by atoms with Crippen molar-refractivity contribution < 1.29 is 4.92 Å². The molecule has 0 saturated heterocycles. The van der Waals surface area contributed by atoms with Gasteiger partial charge in [0.25, 0.3) is 5.69 Å². The van der Waals surface area contributed by atoms with Gasteiger partial charge in [-0.15, -0.1) is 24.0 Å². The molecule has 1 fully saturated rings. The van der Waals surface area contributed by atoms with E-state index in [1.807, 2.05) is 0 Å². The van der Waals surface area contributed by atoms with Crippen LogP contribution in [0.5, 0.6) is 0 Å². The summed E-state index contributed by atoms with van der Waals surface area (Å²) >= 11 is 0. The van der Waals surface area contributed by atoms with Crippen molar-refractivity contribution in [1.82, 2.24) is 10.6 Å². The molecule has 0 spiro atoms. The number of non-ortho nitro benzene ring substituents is 1. The Kier molecular flexibility index (Phi) is 8.90. The Labute approximate surface area is 154 Å². The van der Waals surface area contributed by atoms with E-state index in [9.17, 15) is 10.1 Å². The van der Waals surface area contributed by atoms with Crippen LogP contribution in [0.2, 0.25) is 0 Å². The second-order valence-electron chi connectivity index (χ2n) is 5.64. The Morgan fingerprint density at radius 3 is 2.52 bits per heavy atom. The van der Waals surface area contributed by atoms with Crippen molar-refractivity contribution >= 4 is 35.6 Å². The summed E-state index contributed by atoms with van der Waals surface area (Å²) in [6.07, 6.45) is 6.00. The monoisotopic (exact) mass is 432 g/mol. The Balaban J connectivity index is 0.00000264. The Morgan fingerprint density at radius 1 is 1.30 bits per heavy atom. The van der Waals surface area contributed by atoms with Crippen molar-refractivity contribution in [3.05, 3.63) is 39.9 Å².